The van der Waals surface area contributed by atoms with E-state index in [0.29, 0.717) is 17.5 Å². The Balaban J connectivity index is 1.61. The van der Waals surface area contributed by atoms with Crippen molar-refractivity contribution < 1.29 is 0 Å². The summed E-state index contributed by atoms with van der Waals surface area (Å²) in [6.45, 7) is 2.89. The van der Waals surface area contributed by atoms with Gasteiger partial charge in [0.05, 0.1) is 0 Å². The quantitative estimate of drug-likeness (QED) is 0.384. The maximum atomic E-state index is 6.25. The standard InChI is InChI=1S/C21H20BrClN6/c1-2-3-8-18-24-20(23)19(22)29(18)13-14-9-11-15(12-10-14)16-6-4-5-7-17(16)21-25-27-28-26-21/h4-7,9-12H,2-3,8,13H2,1H3,(H,25,26,27,28). The zero-order valence-electron chi connectivity index (χ0n) is 15.9. The molecular formula is C21H20BrClN6. The second-order valence-electron chi connectivity index (χ2n) is 6.78. The molecule has 0 spiro atoms. The van der Waals surface area contributed by atoms with E-state index in [1.165, 1.54) is 5.56 Å². The molecule has 2 heterocycles. The van der Waals surface area contributed by atoms with Crippen molar-refractivity contribution in [1.29, 1.82) is 0 Å². The van der Waals surface area contributed by atoms with Crippen molar-refractivity contribution in [3.8, 4) is 22.5 Å². The first-order valence-electron chi connectivity index (χ1n) is 9.50. The molecule has 8 heteroatoms. The van der Waals surface area contributed by atoms with Crippen LogP contribution in [0, 0.1) is 0 Å². The Morgan fingerprint density at radius 3 is 2.52 bits per heavy atom. The lowest BCUT2D eigenvalue weighted by molar-refractivity contribution is 0.670. The molecule has 4 rings (SSSR count). The minimum Gasteiger partial charge on any atom is -0.317 e. The van der Waals surface area contributed by atoms with Gasteiger partial charge in [-0.15, -0.1) is 10.2 Å². The fourth-order valence-electron chi connectivity index (χ4n) is 3.31. The molecule has 0 aliphatic heterocycles. The van der Waals surface area contributed by atoms with Crippen LogP contribution in [0.1, 0.15) is 31.2 Å². The topological polar surface area (TPSA) is 72.3 Å². The number of halogens is 2. The molecule has 0 saturated carbocycles. The number of imidazole rings is 1. The number of H-pyrrole nitrogens is 1. The van der Waals surface area contributed by atoms with Crippen LogP contribution in [-0.2, 0) is 13.0 Å². The molecule has 2 aromatic heterocycles. The van der Waals surface area contributed by atoms with Crippen molar-refractivity contribution in [2.24, 2.45) is 0 Å². The normalized spacial score (nSPS) is 11.1. The van der Waals surface area contributed by atoms with Gasteiger partial charge in [-0.25, -0.2) is 4.98 Å². The highest BCUT2D eigenvalue weighted by Crippen LogP contribution is 2.30. The molecule has 0 bridgehead atoms. The fourth-order valence-corrected chi connectivity index (χ4v) is 3.93. The third kappa shape index (κ3) is 4.26. The van der Waals surface area contributed by atoms with Crippen molar-refractivity contribution in [1.82, 2.24) is 30.2 Å². The third-order valence-corrected chi connectivity index (χ3v) is 6.11. The summed E-state index contributed by atoms with van der Waals surface area (Å²) in [4.78, 5) is 4.51. The second kappa shape index (κ2) is 8.88. The van der Waals surface area contributed by atoms with Gasteiger partial charge >= 0.3 is 0 Å². The lowest BCUT2D eigenvalue weighted by Gasteiger charge is -2.11. The Labute approximate surface area is 182 Å². The number of unbranched alkanes of at least 4 members (excludes halogenated alkanes) is 1. The van der Waals surface area contributed by atoms with Crippen molar-refractivity contribution in [2.45, 2.75) is 32.7 Å². The molecule has 0 radical (unpaired) electrons. The van der Waals surface area contributed by atoms with Gasteiger partial charge in [0.25, 0.3) is 0 Å². The zero-order valence-corrected chi connectivity index (χ0v) is 18.3. The van der Waals surface area contributed by atoms with Gasteiger partial charge in [-0.2, -0.15) is 5.21 Å². The van der Waals surface area contributed by atoms with Crippen LogP contribution < -0.4 is 0 Å². The van der Waals surface area contributed by atoms with E-state index in [1.807, 2.05) is 18.2 Å². The van der Waals surface area contributed by atoms with Crippen LogP contribution in [0.2, 0.25) is 5.15 Å². The summed E-state index contributed by atoms with van der Waals surface area (Å²) in [5.41, 5.74) is 4.29. The molecule has 148 valence electrons. The largest absolute Gasteiger partial charge is 0.317 e. The minimum atomic E-state index is 0.516. The van der Waals surface area contributed by atoms with Gasteiger partial charge in [-0.1, -0.05) is 73.5 Å². The molecular weight excluding hydrogens is 452 g/mol. The summed E-state index contributed by atoms with van der Waals surface area (Å²) >= 11 is 9.83. The molecule has 6 nitrogen and oxygen atoms in total. The highest BCUT2D eigenvalue weighted by Gasteiger charge is 2.14. The lowest BCUT2D eigenvalue weighted by Crippen LogP contribution is -2.06. The summed E-state index contributed by atoms with van der Waals surface area (Å²) in [5.74, 6) is 1.59. The van der Waals surface area contributed by atoms with E-state index in [2.05, 4.69) is 83.4 Å². The molecule has 29 heavy (non-hydrogen) atoms. The maximum Gasteiger partial charge on any atom is 0.205 e. The highest BCUT2D eigenvalue weighted by atomic mass is 79.9. The van der Waals surface area contributed by atoms with Crippen LogP contribution in [-0.4, -0.2) is 30.2 Å². The van der Waals surface area contributed by atoms with Crippen LogP contribution in [0.4, 0.5) is 0 Å². The first-order chi connectivity index (χ1) is 14.2. The average Bonchev–Trinajstić information content (AvgIpc) is 3.37. The predicted octanol–water partition coefficient (Wildman–Crippen LogP) is 5.54. The van der Waals surface area contributed by atoms with Crippen molar-refractivity contribution in [3.63, 3.8) is 0 Å². The van der Waals surface area contributed by atoms with E-state index in [4.69, 9.17) is 11.6 Å². The molecule has 0 fully saturated rings. The van der Waals surface area contributed by atoms with E-state index < -0.39 is 0 Å². The molecule has 2 aromatic carbocycles. The van der Waals surface area contributed by atoms with Gasteiger partial charge in [0, 0.05) is 18.5 Å². The Morgan fingerprint density at radius 1 is 1.07 bits per heavy atom. The number of hydrogen-bond donors (Lipinski definition) is 1. The summed E-state index contributed by atoms with van der Waals surface area (Å²) in [5, 5.41) is 14.9. The Kier molecular flexibility index (Phi) is 6.06. The highest BCUT2D eigenvalue weighted by molar-refractivity contribution is 9.10. The van der Waals surface area contributed by atoms with Gasteiger partial charge in [-0.3, -0.25) is 0 Å². The Hall–Kier alpha value is -2.51. The maximum absolute atomic E-state index is 6.25. The summed E-state index contributed by atoms with van der Waals surface area (Å²) in [6, 6.07) is 16.5. The molecule has 0 aliphatic rings. The van der Waals surface area contributed by atoms with Crippen LogP contribution >= 0.6 is 27.5 Å². The fraction of sp³-hybridized carbons (Fsp3) is 0.238. The van der Waals surface area contributed by atoms with Crippen LogP contribution in [0.15, 0.2) is 53.1 Å². The number of benzene rings is 2. The monoisotopic (exact) mass is 470 g/mol. The van der Waals surface area contributed by atoms with Gasteiger partial charge in [0.2, 0.25) is 5.82 Å². The number of aryl methyl sites for hydroxylation is 1. The second-order valence-corrected chi connectivity index (χ2v) is 7.89. The van der Waals surface area contributed by atoms with E-state index in [9.17, 15) is 0 Å². The van der Waals surface area contributed by atoms with Gasteiger partial charge in [0.15, 0.2) is 5.15 Å². The zero-order chi connectivity index (χ0) is 20.2. The SMILES string of the molecule is CCCCc1nc(Cl)c(Br)n1Cc1ccc(-c2ccccc2-c2nn[nH]n2)cc1. The molecule has 0 aliphatic carbocycles. The Bertz CT molecular complexity index is 1090. The summed E-state index contributed by atoms with van der Waals surface area (Å²) in [6.07, 6.45) is 3.13. The van der Waals surface area contributed by atoms with E-state index >= 15 is 0 Å². The molecule has 0 unspecified atom stereocenters. The predicted molar refractivity (Wildman–Crippen MR) is 118 cm³/mol. The Morgan fingerprint density at radius 2 is 1.83 bits per heavy atom. The summed E-state index contributed by atoms with van der Waals surface area (Å²) in [7, 11) is 0. The first kappa shape index (κ1) is 19.8. The smallest absolute Gasteiger partial charge is 0.205 e. The number of tetrazole rings is 1. The van der Waals surface area contributed by atoms with Crippen molar-refractivity contribution >= 4 is 27.5 Å². The first-order valence-corrected chi connectivity index (χ1v) is 10.7. The van der Waals surface area contributed by atoms with Crippen molar-refractivity contribution in [2.75, 3.05) is 0 Å². The van der Waals surface area contributed by atoms with E-state index in [1.54, 1.807) is 0 Å². The van der Waals surface area contributed by atoms with Gasteiger partial charge in [-0.05, 0) is 44.3 Å². The van der Waals surface area contributed by atoms with E-state index in [-0.39, 0.29) is 0 Å². The lowest BCUT2D eigenvalue weighted by atomic mass is 9.98. The van der Waals surface area contributed by atoms with Crippen LogP contribution in [0.3, 0.4) is 0 Å². The molecule has 4 aromatic rings. The molecule has 1 N–H and O–H groups in total. The van der Waals surface area contributed by atoms with E-state index in [0.717, 1.165) is 46.4 Å². The minimum absolute atomic E-state index is 0.516. The third-order valence-electron chi connectivity index (χ3n) is 4.82. The number of aromatic amines is 1. The number of nitrogens with zero attached hydrogens (tertiary/aromatic N) is 5. The molecule has 0 saturated heterocycles. The number of rotatable bonds is 7. The van der Waals surface area contributed by atoms with Gasteiger partial charge in [0.1, 0.15) is 10.4 Å². The van der Waals surface area contributed by atoms with Crippen molar-refractivity contribution in [3.05, 3.63) is 69.7 Å². The number of hydrogen-bond acceptors (Lipinski definition) is 4. The van der Waals surface area contributed by atoms with Gasteiger partial charge < -0.3 is 4.57 Å². The van der Waals surface area contributed by atoms with Crippen LogP contribution in [0.25, 0.3) is 22.5 Å². The number of aromatic nitrogens is 6. The summed E-state index contributed by atoms with van der Waals surface area (Å²) < 4.78 is 2.97. The number of nitrogens with one attached hydrogen (secondary N) is 1. The average molecular weight is 472 g/mol. The molecule has 0 atom stereocenters. The molecule has 0 amide bonds. The van der Waals surface area contributed by atoms with Crippen LogP contribution in [0.5, 0.6) is 0 Å².